The van der Waals surface area contributed by atoms with E-state index in [4.69, 9.17) is 0 Å². The summed E-state index contributed by atoms with van der Waals surface area (Å²) in [7, 11) is 0. The molecule has 1 saturated heterocycles. The van der Waals surface area contributed by atoms with Gasteiger partial charge in [-0.15, -0.1) is 0 Å². The summed E-state index contributed by atoms with van der Waals surface area (Å²) in [5, 5.41) is 6.63. The van der Waals surface area contributed by atoms with Crippen LogP contribution in [0.1, 0.15) is 43.3 Å². The average molecular weight is 444 g/mol. The van der Waals surface area contributed by atoms with Crippen molar-refractivity contribution < 1.29 is 18.0 Å². The number of halogens is 3. The maximum absolute atomic E-state index is 14.6. The lowest BCUT2D eigenvalue weighted by atomic mass is 10.0. The molecule has 0 aliphatic carbocycles. The van der Waals surface area contributed by atoms with Gasteiger partial charge in [-0.25, -0.2) is 28.1 Å². The van der Waals surface area contributed by atoms with E-state index in [1.807, 2.05) is 11.8 Å². The minimum atomic E-state index is -2.90. The lowest BCUT2D eigenvalue weighted by Crippen LogP contribution is -2.53. The highest BCUT2D eigenvalue weighted by atomic mass is 19.3. The first-order valence-electron chi connectivity index (χ1n) is 10.2. The number of hydrogen-bond donors (Lipinski definition) is 2. The number of rotatable bonds is 5. The Hall–Kier alpha value is -3.43. The molecule has 0 bridgehead atoms. The Bertz CT molecular complexity index is 1170. The first-order valence-corrected chi connectivity index (χ1v) is 10.2. The molecule has 168 valence electrons. The summed E-state index contributed by atoms with van der Waals surface area (Å²) in [6.07, 6.45) is -1.30. The Kier molecular flexibility index (Phi) is 5.86. The Morgan fingerprint density at radius 1 is 1.25 bits per heavy atom. The highest BCUT2D eigenvalue weighted by molar-refractivity contribution is 5.91. The Morgan fingerprint density at radius 3 is 2.72 bits per heavy atom. The van der Waals surface area contributed by atoms with Crippen LogP contribution >= 0.6 is 0 Å². The number of fused-ring (bicyclic) bond motifs is 1. The number of benzene rings is 1. The van der Waals surface area contributed by atoms with Crippen LogP contribution < -0.4 is 15.5 Å². The Balaban J connectivity index is 1.70. The molecule has 2 aromatic heterocycles. The van der Waals surface area contributed by atoms with Crippen molar-refractivity contribution in [3.8, 4) is 0 Å². The lowest BCUT2D eigenvalue weighted by Gasteiger charge is -2.32. The molecule has 3 aromatic rings. The summed E-state index contributed by atoms with van der Waals surface area (Å²) < 4.78 is 40.9. The predicted molar refractivity (Wildman–Crippen MR) is 115 cm³/mol. The molecule has 1 amide bonds. The fourth-order valence-corrected chi connectivity index (χ4v) is 3.88. The highest BCUT2D eigenvalue weighted by Gasteiger charge is 2.24. The molecule has 1 aromatic carbocycles. The molecule has 3 heterocycles. The zero-order valence-corrected chi connectivity index (χ0v) is 17.9. The standard InChI is InChI=1S/C22H23F3N6O/c1-11-9-31(10-19(32)27-11)18-7-16-17(8-26-18)29-13(3)30-22(16)28-12(2)14-5-4-6-15(20(14)23)21(24)25/h4-8,11-12,21H,9-10H2,1-3H3,(H,27,32)(H,28,29,30)/t11-,12?/m1/s1. The molecule has 1 fully saturated rings. The van der Waals surface area contributed by atoms with E-state index in [9.17, 15) is 18.0 Å². The third kappa shape index (κ3) is 4.30. The number of carbonyl (C=O) groups excluding carboxylic acids is 1. The van der Waals surface area contributed by atoms with Gasteiger partial charge >= 0.3 is 0 Å². The summed E-state index contributed by atoms with van der Waals surface area (Å²) in [5.41, 5.74) is 0.0548. The highest BCUT2D eigenvalue weighted by Crippen LogP contribution is 2.31. The number of nitrogens with one attached hydrogen (secondary N) is 2. The van der Waals surface area contributed by atoms with Gasteiger partial charge in [0, 0.05) is 23.5 Å². The molecule has 0 saturated carbocycles. The van der Waals surface area contributed by atoms with Crippen molar-refractivity contribution in [3.05, 3.63) is 53.2 Å². The summed E-state index contributed by atoms with van der Waals surface area (Å²) >= 11 is 0. The SMILES string of the molecule is Cc1nc(NC(C)c2cccc(C(F)F)c2F)c2cc(N3CC(=O)N[C@H](C)C3)ncc2n1. The molecule has 0 spiro atoms. The molecule has 4 rings (SSSR count). The zero-order valence-electron chi connectivity index (χ0n) is 17.9. The fourth-order valence-electron chi connectivity index (χ4n) is 3.88. The molecular formula is C22H23F3N6O. The lowest BCUT2D eigenvalue weighted by molar-refractivity contribution is -0.121. The van der Waals surface area contributed by atoms with Crippen LogP contribution in [0, 0.1) is 12.7 Å². The second-order valence-electron chi connectivity index (χ2n) is 7.95. The number of aryl methyl sites for hydroxylation is 1. The summed E-state index contributed by atoms with van der Waals surface area (Å²) in [4.78, 5) is 27.1. The largest absolute Gasteiger partial charge is 0.363 e. The number of alkyl halides is 2. The first-order chi connectivity index (χ1) is 15.2. The van der Waals surface area contributed by atoms with Crippen molar-refractivity contribution in [2.24, 2.45) is 0 Å². The van der Waals surface area contributed by atoms with Gasteiger partial charge in [-0.2, -0.15) is 0 Å². The van der Waals surface area contributed by atoms with Crippen LogP contribution in [0.5, 0.6) is 0 Å². The van der Waals surface area contributed by atoms with E-state index in [1.54, 1.807) is 26.1 Å². The first kappa shape index (κ1) is 21.8. The van der Waals surface area contributed by atoms with E-state index in [1.165, 1.54) is 12.1 Å². The molecule has 2 N–H and O–H groups in total. The normalized spacial score (nSPS) is 17.5. The van der Waals surface area contributed by atoms with E-state index in [0.29, 0.717) is 34.9 Å². The van der Waals surface area contributed by atoms with E-state index in [2.05, 4.69) is 25.6 Å². The third-order valence-electron chi connectivity index (χ3n) is 5.35. The van der Waals surface area contributed by atoms with Gasteiger partial charge < -0.3 is 15.5 Å². The summed E-state index contributed by atoms with van der Waals surface area (Å²) in [6, 6.07) is 5.08. The van der Waals surface area contributed by atoms with Crippen molar-refractivity contribution in [2.75, 3.05) is 23.3 Å². The molecular weight excluding hydrogens is 421 g/mol. The maximum atomic E-state index is 14.6. The maximum Gasteiger partial charge on any atom is 0.266 e. The van der Waals surface area contributed by atoms with Crippen LogP contribution in [0.15, 0.2) is 30.5 Å². The van der Waals surface area contributed by atoms with Crippen LogP contribution in [0.4, 0.5) is 24.8 Å². The Morgan fingerprint density at radius 2 is 2.00 bits per heavy atom. The van der Waals surface area contributed by atoms with Gasteiger partial charge in [0.25, 0.3) is 6.43 Å². The van der Waals surface area contributed by atoms with Crippen LogP contribution in [0.3, 0.4) is 0 Å². The van der Waals surface area contributed by atoms with Gasteiger partial charge in [0.05, 0.1) is 29.9 Å². The van der Waals surface area contributed by atoms with Gasteiger partial charge in [-0.3, -0.25) is 4.79 Å². The van der Waals surface area contributed by atoms with E-state index in [0.717, 1.165) is 6.07 Å². The molecule has 1 unspecified atom stereocenters. The molecule has 7 nitrogen and oxygen atoms in total. The smallest absolute Gasteiger partial charge is 0.266 e. The number of carbonyl (C=O) groups is 1. The second-order valence-corrected chi connectivity index (χ2v) is 7.95. The van der Waals surface area contributed by atoms with Crippen LogP contribution in [0.2, 0.25) is 0 Å². The fraction of sp³-hybridized carbons (Fsp3) is 0.364. The zero-order chi connectivity index (χ0) is 23.0. The van der Waals surface area contributed by atoms with Gasteiger partial charge in [0.1, 0.15) is 23.3 Å². The Labute approximate surface area is 183 Å². The third-order valence-corrected chi connectivity index (χ3v) is 5.35. The van der Waals surface area contributed by atoms with Crippen molar-refractivity contribution in [2.45, 2.75) is 39.3 Å². The minimum absolute atomic E-state index is 0.0225. The number of pyridine rings is 1. The van der Waals surface area contributed by atoms with E-state index >= 15 is 0 Å². The number of nitrogens with zero attached hydrogens (tertiary/aromatic N) is 4. The predicted octanol–water partition coefficient (Wildman–Crippen LogP) is 3.91. The van der Waals surface area contributed by atoms with Gasteiger partial charge in [0.15, 0.2) is 0 Å². The van der Waals surface area contributed by atoms with E-state index in [-0.39, 0.29) is 24.1 Å². The number of amides is 1. The number of anilines is 2. The number of hydrogen-bond acceptors (Lipinski definition) is 6. The van der Waals surface area contributed by atoms with Gasteiger partial charge in [-0.1, -0.05) is 18.2 Å². The van der Waals surface area contributed by atoms with Crippen molar-refractivity contribution in [1.82, 2.24) is 20.3 Å². The van der Waals surface area contributed by atoms with Crippen LogP contribution in [-0.4, -0.2) is 40.0 Å². The van der Waals surface area contributed by atoms with Crippen LogP contribution in [-0.2, 0) is 4.79 Å². The molecule has 2 atom stereocenters. The summed E-state index contributed by atoms with van der Waals surface area (Å²) in [6.45, 7) is 6.09. The molecule has 0 radical (unpaired) electrons. The quantitative estimate of drug-likeness (QED) is 0.621. The van der Waals surface area contributed by atoms with Gasteiger partial charge in [0.2, 0.25) is 5.91 Å². The molecule has 10 heteroatoms. The molecule has 1 aliphatic heterocycles. The van der Waals surface area contributed by atoms with Crippen LogP contribution in [0.25, 0.3) is 10.9 Å². The second kappa shape index (κ2) is 8.60. The topological polar surface area (TPSA) is 83.0 Å². The van der Waals surface area contributed by atoms with Crippen molar-refractivity contribution in [3.63, 3.8) is 0 Å². The average Bonchev–Trinajstić information content (AvgIpc) is 2.72. The van der Waals surface area contributed by atoms with Crippen molar-refractivity contribution in [1.29, 1.82) is 0 Å². The van der Waals surface area contributed by atoms with Crippen molar-refractivity contribution >= 4 is 28.4 Å². The number of aromatic nitrogens is 3. The number of piperazine rings is 1. The van der Waals surface area contributed by atoms with E-state index < -0.39 is 23.8 Å². The monoisotopic (exact) mass is 444 g/mol. The molecule has 1 aliphatic rings. The minimum Gasteiger partial charge on any atom is -0.363 e. The summed E-state index contributed by atoms with van der Waals surface area (Å²) in [5.74, 6) is 0.475. The van der Waals surface area contributed by atoms with Gasteiger partial charge in [-0.05, 0) is 26.8 Å². The molecule has 32 heavy (non-hydrogen) atoms.